The summed E-state index contributed by atoms with van der Waals surface area (Å²) in [5, 5.41) is 1.66. The molecule has 5 nitrogen and oxygen atoms in total. The number of carbonyl (C=O) groups excluding carboxylic acids is 1. The highest BCUT2D eigenvalue weighted by Crippen LogP contribution is 2.32. The maximum atomic E-state index is 13.2. The van der Waals surface area contributed by atoms with E-state index in [0.717, 1.165) is 24.3 Å². The second-order valence-corrected chi connectivity index (χ2v) is 7.57. The first kappa shape index (κ1) is 22.7. The van der Waals surface area contributed by atoms with Gasteiger partial charge >= 0.3 is 12.4 Å². The highest BCUT2D eigenvalue weighted by Gasteiger charge is 2.41. The number of nitrogens with one attached hydrogen (secondary N) is 2. The molecule has 0 radical (unpaired) electrons. The molecule has 0 saturated carbocycles. The molecule has 1 amide bonds. The van der Waals surface area contributed by atoms with Crippen molar-refractivity contribution < 1.29 is 39.6 Å². The summed E-state index contributed by atoms with van der Waals surface area (Å²) < 4.78 is 104. The van der Waals surface area contributed by atoms with Gasteiger partial charge in [0.05, 0.1) is 17.0 Å². The maximum Gasteiger partial charge on any atom is 0.416 e. The fourth-order valence-electron chi connectivity index (χ4n) is 2.30. The summed E-state index contributed by atoms with van der Waals surface area (Å²) in [6, 6.07) is 6.73. The zero-order chi connectivity index (χ0) is 21.9. The van der Waals surface area contributed by atoms with E-state index in [1.165, 1.54) is 18.2 Å². The molecule has 2 rings (SSSR count). The quantitative estimate of drug-likeness (QED) is 0.677. The van der Waals surface area contributed by atoms with Gasteiger partial charge in [-0.25, -0.2) is 13.1 Å². The molecule has 0 aliphatic heterocycles. The molecule has 0 fully saturated rings. The van der Waals surface area contributed by atoms with E-state index in [9.17, 15) is 39.6 Å². The molecule has 29 heavy (non-hydrogen) atoms. The van der Waals surface area contributed by atoms with Crippen LogP contribution in [-0.4, -0.2) is 27.0 Å². The van der Waals surface area contributed by atoms with Crippen LogP contribution in [-0.2, 0) is 21.0 Å². The van der Waals surface area contributed by atoms with Gasteiger partial charge in [0.25, 0.3) is 0 Å². The van der Waals surface area contributed by atoms with Crippen molar-refractivity contribution in [2.24, 2.45) is 0 Å². The highest BCUT2D eigenvalue weighted by molar-refractivity contribution is 7.89. The highest BCUT2D eigenvalue weighted by atomic mass is 32.2. The van der Waals surface area contributed by atoms with Crippen LogP contribution in [0.5, 0.6) is 0 Å². The minimum absolute atomic E-state index is 0.269. The van der Waals surface area contributed by atoms with Gasteiger partial charge in [0.15, 0.2) is 6.04 Å². The van der Waals surface area contributed by atoms with E-state index in [1.54, 1.807) is 10.0 Å². The number of amides is 1. The molecule has 0 aromatic heterocycles. The average Bonchev–Trinajstić information content (AvgIpc) is 2.64. The van der Waals surface area contributed by atoms with Gasteiger partial charge in [-0.2, -0.15) is 26.3 Å². The molecular weight excluding hydrogens is 426 g/mol. The normalized spacial score (nSPS) is 13.7. The van der Waals surface area contributed by atoms with Crippen molar-refractivity contribution in [3.63, 3.8) is 0 Å². The van der Waals surface area contributed by atoms with Crippen LogP contribution >= 0.6 is 0 Å². The Morgan fingerprint density at radius 1 is 0.931 bits per heavy atom. The number of hydrogen-bond acceptors (Lipinski definition) is 3. The summed E-state index contributed by atoms with van der Waals surface area (Å²) in [4.78, 5) is 11.1. The van der Waals surface area contributed by atoms with Crippen LogP contribution in [0.4, 0.5) is 26.3 Å². The fraction of sp³-hybridized carbons (Fsp3) is 0.235. The third kappa shape index (κ3) is 6.19. The molecule has 0 saturated heterocycles. The van der Waals surface area contributed by atoms with Crippen LogP contribution in [0.25, 0.3) is 0 Å². The van der Waals surface area contributed by atoms with Crippen molar-refractivity contribution in [2.45, 2.75) is 23.3 Å². The number of sulfonamides is 1. The van der Waals surface area contributed by atoms with Crippen molar-refractivity contribution in [3.05, 3.63) is 65.7 Å². The van der Waals surface area contributed by atoms with Crippen LogP contribution in [0.1, 0.15) is 17.2 Å². The molecule has 0 spiro atoms. The molecule has 0 aliphatic carbocycles. The van der Waals surface area contributed by atoms with Crippen LogP contribution in [0.15, 0.2) is 59.5 Å². The summed E-state index contributed by atoms with van der Waals surface area (Å²) >= 11 is 0. The third-order valence-electron chi connectivity index (χ3n) is 3.66. The summed E-state index contributed by atoms with van der Waals surface area (Å²) in [6.07, 6.45) is -9.64. The Morgan fingerprint density at radius 3 is 2.10 bits per heavy atom. The van der Waals surface area contributed by atoms with Gasteiger partial charge < -0.3 is 5.32 Å². The topological polar surface area (TPSA) is 75.3 Å². The van der Waals surface area contributed by atoms with E-state index < -0.39 is 51.3 Å². The van der Waals surface area contributed by atoms with E-state index in [4.69, 9.17) is 0 Å². The van der Waals surface area contributed by atoms with E-state index in [-0.39, 0.29) is 5.56 Å². The molecule has 2 aromatic rings. The van der Waals surface area contributed by atoms with Crippen LogP contribution in [0, 0.1) is 0 Å². The van der Waals surface area contributed by atoms with Gasteiger partial charge in [0, 0.05) is 0 Å². The van der Waals surface area contributed by atoms with Crippen LogP contribution in [0.2, 0.25) is 0 Å². The fourth-order valence-corrected chi connectivity index (χ4v) is 3.32. The van der Waals surface area contributed by atoms with Crippen LogP contribution in [0.3, 0.4) is 0 Å². The Morgan fingerprint density at radius 2 is 1.55 bits per heavy atom. The first-order valence-corrected chi connectivity index (χ1v) is 9.37. The SMILES string of the molecule is O=C(CNS(=O)(=O)c1cccc(C(F)(F)F)c1)NC(c1ccccc1)C(F)(F)F. The smallest absolute Gasteiger partial charge is 0.340 e. The first-order chi connectivity index (χ1) is 13.3. The standard InChI is InChI=1S/C17H14F6N2O3S/c18-16(19,20)12-7-4-8-13(9-12)29(27,28)24-10-14(26)25-15(17(21,22)23)11-5-2-1-3-6-11/h1-9,15,24H,10H2,(H,25,26). The minimum atomic E-state index is -4.85. The van der Waals surface area contributed by atoms with E-state index >= 15 is 0 Å². The van der Waals surface area contributed by atoms with E-state index in [1.807, 2.05) is 0 Å². The Bertz CT molecular complexity index is 959. The number of halogens is 6. The largest absolute Gasteiger partial charge is 0.416 e. The average molecular weight is 440 g/mol. The second-order valence-electron chi connectivity index (χ2n) is 5.80. The lowest BCUT2D eigenvalue weighted by atomic mass is 10.1. The second kappa shape index (κ2) is 8.41. The third-order valence-corrected chi connectivity index (χ3v) is 5.06. The Balaban J connectivity index is 2.11. The van der Waals surface area contributed by atoms with Crippen LogP contribution < -0.4 is 10.0 Å². The van der Waals surface area contributed by atoms with Gasteiger partial charge in [-0.3, -0.25) is 4.79 Å². The molecule has 12 heteroatoms. The molecule has 1 unspecified atom stereocenters. The number of alkyl halides is 6. The number of benzene rings is 2. The number of hydrogen-bond donors (Lipinski definition) is 2. The van der Waals surface area contributed by atoms with Gasteiger partial charge in [0.2, 0.25) is 15.9 Å². The van der Waals surface area contributed by atoms with Gasteiger partial charge in [-0.1, -0.05) is 36.4 Å². The molecule has 1 atom stereocenters. The zero-order valence-electron chi connectivity index (χ0n) is 14.4. The molecular formula is C17H14F6N2O3S. The summed E-state index contributed by atoms with van der Waals surface area (Å²) in [6.45, 7) is -1.10. The van der Waals surface area contributed by atoms with Gasteiger partial charge in [0.1, 0.15) is 0 Å². The number of rotatable bonds is 6. The number of carbonyl (C=O) groups is 1. The van der Waals surface area contributed by atoms with Crippen molar-refractivity contribution in [1.29, 1.82) is 0 Å². The van der Waals surface area contributed by atoms with Crippen molar-refractivity contribution in [2.75, 3.05) is 6.54 Å². The summed E-state index contributed by atoms with van der Waals surface area (Å²) in [5.74, 6) is -1.31. The molecule has 2 aromatic carbocycles. The Hall–Kier alpha value is -2.60. The maximum absolute atomic E-state index is 13.2. The van der Waals surface area contributed by atoms with E-state index in [0.29, 0.717) is 12.1 Å². The zero-order valence-corrected chi connectivity index (χ0v) is 15.2. The van der Waals surface area contributed by atoms with Gasteiger partial charge in [-0.15, -0.1) is 0 Å². The molecule has 0 heterocycles. The lowest BCUT2D eigenvalue weighted by molar-refractivity contribution is -0.163. The van der Waals surface area contributed by atoms with E-state index in [2.05, 4.69) is 0 Å². The predicted molar refractivity (Wildman–Crippen MR) is 90.0 cm³/mol. The Kier molecular flexibility index (Phi) is 6.58. The molecule has 2 N–H and O–H groups in total. The van der Waals surface area contributed by atoms with Gasteiger partial charge in [-0.05, 0) is 23.8 Å². The predicted octanol–water partition coefficient (Wildman–Crippen LogP) is 3.40. The lowest BCUT2D eigenvalue weighted by Gasteiger charge is -2.22. The van der Waals surface area contributed by atoms with Crippen molar-refractivity contribution >= 4 is 15.9 Å². The lowest BCUT2D eigenvalue weighted by Crippen LogP contribution is -2.43. The van der Waals surface area contributed by atoms with Crippen molar-refractivity contribution in [1.82, 2.24) is 10.0 Å². The molecule has 0 aliphatic rings. The first-order valence-electron chi connectivity index (χ1n) is 7.88. The minimum Gasteiger partial charge on any atom is -0.340 e. The Labute approximate surface area is 161 Å². The molecule has 158 valence electrons. The monoisotopic (exact) mass is 440 g/mol. The summed E-state index contributed by atoms with van der Waals surface area (Å²) in [7, 11) is -4.57. The summed E-state index contributed by atoms with van der Waals surface area (Å²) in [5.41, 5.74) is -1.50. The van der Waals surface area contributed by atoms with Crippen molar-refractivity contribution in [3.8, 4) is 0 Å². The molecule has 0 bridgehead atoms.